The van der Waals surface area contributed by atoms with E-state index in [-0.39, 0.29) is 28.4 Å². The predicted molar refractivity (Wildman–Crippen MR) is 112 cm³/mol. The molecule has 0 unspecified atom stereocenters. The maximum absolute atomic E-state index is 11.8. The highest BCUT2D eigenvalue weighted by Crippen LogP contribution is 2.23. The number of benzene rings is 1. The number of hydrogen-bond acceptors (Lipinski definition) is 5. The van der Waals surface area contributed by atoms with Gasteiger partial charge in [0.1, 0.15) is 0 Å². The monoisotopic (exact) mass is 415 g/mol. The lowest BCUT2D eigenvalue weighted by Crippen LogP contribution is -2.44. The normalized spacial score (nSPS) is 18.3. The summed E-state index contributed by atoms with van der Waals surface area (Å²) in [7, 11) is -2.91. The number of thiocarbonyl (C=S) groups is 1. The van der Waals surface area contributed by atoms with Gasteiger partial charge in [-0.25, -0.2) is 8.42 Å². The lowest BCUT2D eigenvalue weighted by atomic mass is 10.1. The van der Waals surface area contributed by atoms with Crippen LogP contribution >= 0.6 is 24.0 Å². The van der Waals surface area contributed by atoms with Crippen LogP contribution in [0.4, 0.5) is 5.69 Å². The number of carbonyl (C=O) groups is 1. The second-order valence-electron chi connectivity index (χ2n) is 6.26. The van der Waals surface area contributed by atoms with Crippen LogP contribution in [0.15, 0.2) is 24.3 Å². The van der Waals surface area contributed by atoms with Gasteiger partial charge in [0.15, 0.2) is 14.9 Å². The summed E-state index contributed by atoms with van der Waals surface area (Å²) in [6, 6.07) is 8.03. The molecule has 1 fully saturated rings. The molecule has 0 saturated carbocycles. The molecular formula is C17H25N3O3S3. The Kier molecular flexibility index (Phi) is 8.17. The smallest absolute Gasteiger partial charge is 0.248 e. The summed E-state index contributed by atoms with van der Waals surface area (Å²) in [6.45, 7) is 2.17. The van der Waals surface area contributed by atoms with Crippen molar-refractivity contribution in [1.29, 1.82) is 0 Å². The van der Waals surface area contributed by atoms with E-state index >= 15 is 0 Å². The Labute approximate surface area is 164 Å². The van der Waals surface area contributed by atoms with Crippen molar-refractivity contribution < 1.29 is 13.2 Å². The third-order valence-electron chi connectivity index (χ3n) is 3.99. The minimum Gasteiger partial charge on any atom is -0.331 e. The number of carbonyl (C=O) groups excluding carboxylic acids is 1. The molecule has 1 aromatic rings. The number of hydrogen-bond donors (Lipinski definition) is 3. The molecule has 3 N–H and O–H groups in total. The van der Waals surface area contributed by atoms with E-state index in [1.165, 1.54) is 30.2 Å². The Bertz CT molecular complexity index is 721. The van der Waals surface area contributed by atoms with Crippen molar-refractivity contribution in [2.75, 3.05) is 22.6 Å². The molecule has 6 nitrogen and oxygen atoms in total. The fraction of sp³-hybridized carbons (Fsp3) is 0.529. The van der Waals surface area contributed by atoms with Gasteiger partial charge in [-0.2, -0.15) is 0 Å². The lowest BCUT2D eigenvalue weighted by Gasteiger charge is -2.13. The molecule has 1 saturated heterocycles. The first-order valence-corrected chi connectivity index (χ1v) is 11.9. The number of rotatable bonds is 7. The highest BCUT2D eigenvalue weighted by atomic mass is 32.2. The van der Waals surface area contributed by atoms with Crippen molar-refractivity contribution in [2.45, 2.75) is 37.9 Å². The molecule has 1 heterocycles. The Morgan fingerprint density at radius 3 is 2.62 bits per heavy atom. The maximum atomic E-state index is 11.8. The van der Waals surface area contributed by atoms with E-state index in [1.54, 1.807) is 0 Å². The number of thioether (sulfide) groups is 1. The molecule has 1 atom stereocenters. The van der Waals surface area contributed by atoms with Gasteiger partial charge in [-0.05, 0) is 49.2 Å². The highest BCUT2D eigenvalue weighted by Gasteiger charge is 2.28. The standard InChI is InChI=1S/C17H25N3O3S3/c1-2-3-4-13-5-7-14(8-6-13)18-17(24)20-19-16(21)11-25-15-9-10-26(22,23)12-15/h5-8,15H,2-4,9-12H2,1H3,(H,19,21)(H2,18,20,24)/t15-/m0/s1. The molecule has 1 aliphatic rings. The van der Waals surface area contributed by atoms with Crippen LogP contribution in [0.2, 0.25) is 0 Å². The van der Waals surface area contributed by atoms with E-state index in [2.05, 4.69) is 35.2 Å². The number of sulfone groups is 1. The number of amides is 1. The minimum atomic E-state index is -2.91. The Morgan fingerprint density at radius 1 is 1.27 bits per heavy atom. The van der Waals surface area contributed by atoms with Gasteiger partial charge in [0.05, 0.1) is 17.3 Å². The zero-order valence-corrected chi connectivity index (χ0v) is 17.2. The third kappa shape index (κ3) is 7.51. The first-order chi connectivity index (χ1) is 12.4. The quantitative estimate of drug-likeness (QED) is 0.465. The molecule has 26 heavy (non-hydrogen) atoms. The molecule has 1 amide bonds. The number of anilines is 1. The largest absolute Gasteiger partial charge is 0.331 e. The van der Waals surface area contributed by atoms with Crippen LogP contribution < -0.4 is 16.2 Å². The van der Waals surface area contributed by atoms with Gasteiger partial charge in [0.25, 0.3) is 0 Å². The molecule has 0 aromatic heterocycles. The summed E-state index contributed by atoms with van der Waals surface area (Å²) in [5.74, 6) is 0.336. The van der Waals surface area contributed by atoms with Crippen LogP contribution in [-0.2, 0) is 21.1 Å². The van der Waals surface area contributed by atoms with Gasteiger partial charge in [-0.15, -0.1) is 11.8 Å². The van der Waals surface area contributed by atoms with Gasteiger partial charge < -0.3 is 5.32 Å². The van der Waals surface area contributed by atoms with Crippen LogP contribution in [0.25, 0.3) is 0 Å². The first-order valence-electron chi connectivity index (χ1n) is 8.65. The van der Waals surface area contributed by atoms with E-state index in [1.807, 2.05) is 12.1 Å². The molecule has 0 aliphatic carbocycles. The average molecular weight is 416 g/mol. The van der Waals surface area contributed by atoms with Crippen LogP contribution in [-0.4, -0.2) is 41.9 Å². The lowest BCUT2D eigenvalue weighted by molar-refractivity contribution is -0.119. The second-order valence-corrected chi connectivity index (χ2v) is 10.2. The Balaban J connectivity index is 1.65. The van der Waals surface area contributed by atoms with E-state index in [4.69, 9.17) is 12.2 Å². The van der Waals surface area contributed by atoms with Crippen LogP contribution in [0.3, 0.4) is 0 Å². The maximum Gasteiger partial charge on any atom is 0.248 e. The van der Waals surface area contributed by atoms with E-state index in [9.17, 15) is 13.2 Å². The zero-order chi connectivity index (χ0) is 19.0. The van der Waals surface area contributed by atoms with Crippen molar-refractivity contribution in [2.24, 2.45) is 0 Å². The van der Waals surface area contributed by atoms with Crippen molar-refractivity contribution in [3.05, 3.63) is 29.8 Å². The van der Waals surface area contributed by atoms with Gasteiger partial charge in [-0.3, -0.25) is 15.6 Å². The number of hydrazine groups is 1. The number of unbranched alkanes of at least 4 members (excludes halogenated alkanes) is 1. The second kappa shape index (κ2) is 10.1. The van der Waals surface area contributed by atoms with E-state index in [0.29, 0.717) is 11.5 Å². The van der Waals surface area contributed by atoms with Crippen molar-refractivity contribution in [3.63, 3.8) is 0 Å². The summed E-state index contributed by atoms with van der Waals surface area (Å²) in [5, 5.41) is 3.31. The first kappa shape index (κ1) is 21.0. The summed E-state index contributed by atoms with van der Waals surface area (Å²) in [5.41, 5.74) is 7.32. The molecule has 9 heteroatoms. The topological polar surface area (TPSA) is 87.3 Å². The third-order valence-corrected chi connectivity index (χ3v) is 7.47. The fourth-order valence-electron chi connectivity index (χ4n) is 2.55. The van der Waals surface area contributed by atoms with Crippen molar-refractivity contribution in [1.82, 2.24) is 10.9 Å². The zero-order valence-electron chi connectivity index (χ0n) is 14.8. The van der Waals surface area contributed by atoms with Crippen LogP contribution in [0.5, 0.6) is 0 Å². The van der Waals surface area contributed by atoms with Crippen LogP contribution in [0.1, 0.15) is 31.7 Å². The average Bonchev–Trinajstić information content (AvgIpc) is 2.96. The van der Waals surface area contributed by atoms with Crippen molar-refractivity contribution >= 4 is 50.5 Å². The van der Waals surface area contributed by atoms with Crippen molar-refractivity contribution in [3.8, 4) is 0 Å². The number of nitrogens with one attached hydrogen (secondary N) is 3. The van der Waals surface area contributed by atoms with Gasteiger partial charge in [0.2, 0.25) is 5.91 Å². The molecule has 1 aliphatic heterocycles. The Morgan fingerprint density at radius 2 is 2.00 bits per heavy atom. The summed E-state index contributed by atoms with van der Waals surface area (Å²) in [4.78, 5) is 11.8. The SMILES string of the molecule is CCCCc1ccc(NC(=S)NNC(=O)CS[C@H]2CCS(=O)(=O)C2)cc1. The Hall–Kier alpha value is -1.32. The summed E-state index contributed by atoms with van der Waals surface area (Å²) >= 11 is 6.52. The molecule has 0 spiro atoms. The predicted octanol–water partition coefficient (Wildman–Crippen LogP) is 2.27. The summed E-state index contributed by atoms with van der Waals surface area (Å²) < 4.78 is 22.8. The van der Waals surface area contributed by atoms with Gasteiger partial charge >= 0.3 is 0 Å². The molecule has 1 aromatic carbocycles. The summed E-state index contributed by atoms with van der Waals surface area (Å²) in [6.07, 6.45) is 4.02. The highest BCUT2D eigenvalue weighted by molar-refractivity contribution is 8.02. The molecule has 0 bridgehead atoms. The fourth-order valence-corrected chi connectivity index (χ4v) is 6.16. The molecule has 144 valence electrons. The van der Waals surface area contributed by atoms with Crippen LogP contribution in [0, 0.1) is 0 Å². The van der Waals surface area contributed by atoms with Gasteiger partial charge in [-0.1, -0.05) is 25.5 Å². The molecular weight excluding hydrogens is 390 g/mol. The molecule has 2 rings (SSSR count). The van der Waals surface area contributed by atoms with Gasteiger partial charge in [0, 0.05) is 10.9 Å². The van der Waals surface area contributed by atoms with E-state index in [0.717, 1.165) is 12.1 Å². The minimum absolute atomic E-state index is 0.00190. The number of aryl methyl sites for hydroxylation is 1. The van der Waals surface area contributed by atoms with E-state index < -0.39 is 9.84 Å². The molecule has 0 radical (unpaired) electrons.